The van der Waals surface area contributed by atoms with Crippen LogP contribution in [0.2, 0.25) is 0 Å². The van der Waals surface area contributed by atoms with E-state index in [1.54, 1.807) is 0 Å². The molecule has 0 saturated heterocycles. The van der Waals surface area contributed by atoms with Crippen LogP contribution in [-0.4, -0.2) is 0 Å². The van der Waals surface area contributed by atoms with E-state index >= 15 is 0 Å². The highest BCUT2D eigenvalue weighted by Crippen LogP contribution is 1.57. The third-order valence-corrected chi connectivity index (χ3v) is 0.333. The molecule has 0 aliphatic heterocycles. The Balaban J connectivity index is -0.00000000887. The van der Waals surface area contributed by atoms with Gasteiger partial charge in [0.1, 0.15) is 0 Å². The molecule has 0 aromatic heterocycles. The summed E-state index contributed by atoms with van der Waals surface area (Å²) in [5.41, 5.74) is 0. The van der Waals surface area contributed by atoms with Gasteiger partial charge < -0.3 is 0 Å². The van der Waals surface area contributed by atoms with Crippen LogP contribution in [0.1, 0.15) is 56.4 Å². The van der Waals surface area contributed by atoms with Crippen LogP contribution in [0.15, 0.2) is 38.5 Å². The van der Waals surface area contributed by atoms with Gasteiger partial charge in [-0.15, -0.1) is 26.3 Å². The van der Waals surface area contributed by atoms with Crippen LogP contribution in [0.3, 0.4) is 0 Å². The van der Waals surface area contributed by atoms with Crippen LogP contribution >= 0.6 is 0 Å². The van der Waals surface area contributed by atoms with E-state index in [1.807, 2.05) is 53.7 Å². The predicted molar refractivity (Wildman–Crippen MR) is 79.2 cm³/mol. The summed E-state index contributed by atoms with van der Waals surface area (Å²) < 4.78 is 0. The van der Waals surface area contributed by atoms with Crippen LogP contribution in [-0.2, 0) is 0 Å². The zero-order valence-corrected chi connectivity index (χ0v) is 9.98. The molecule has 0 radical (unpaired) electrons. The Kier molecular flexibility index (Phi) is 3770. The Hall–Kier alpha value is -0.780. The van der Waals surface area contributed by atoms with Gasteiger partial charge in [0, 0.05) is 0 Å². The van der Waals surface area contributed by atoms with Crippen LogP contribution in [0.5, 0.6) is 0 Å². The van der Waals surface area contributed by atoms with Crippen molar-refractivity contribution in [1.82, 2.24) is 0 Å². The lowest BCUT2D eigenvalue weighted by atomic mass is 10.6. The second-order valence-corrected chi connectivity index (χ2v) is 0.667. The maximum atomic E-state index is 3.00. The summed E-state index contributed by atoms with van der Waals surface area (Å²) in [4.78, 5) is 0. The smallest absolute Gasteiger partial charge is 0.0470 e. The topological polar surface area (TPSA) is 0 Å². The van der Waals surface area contributed by atoms with Gasteiger partial charge in [0.25, 0.3) is 0 Å². The van der Waals surface area contributed by atoms with Crippen molar-refractivity contribution in [2.24, 2.45) is 0 Å². The van der Waals surface area contributed by atoms with E-state index in [2.05, 4.69) is 26.3 Å². The largest absolute Gasteiger partial charge is 0.106 e. The quantitative estimate of drug-likeness (QED) is 0.394. The first-order valence-electron chi connectivity index (χ1n) is 4.49. The van der Waals surface area contributed by atoms with Gasteiger partial charge in [0.2, 0.25) is 0 Å². The predicted octanol–water partition coefficient (Wildman–Crippen LogP) is 6.51. The molecule has 92 valence electrons. The standard InChI is InChI=1S/C4H8.2C2H6.2C2H4.2CH4/c1-3-4-2;4*1-2;;/h3-4H,1-2H3;2*1-2H3;2*1-2H2;2*1H4/b4-3-;;;;;;. The van der Waals surface area contributed by atoms with E-state index in [9.17, 15) is 0 Å². The molecule has 0 unspecified atom stereocenters. The fourth-order valence-electron chi connectivity index (χ4n) is 0. The summed E-state index contributed by atoms with van der Waals surface area (Å²) in [5, 5.41) is 0. The minimum Gasteiger partial charge on any atom is -0.106 e. The second-order valence-electron chi connectivity index (χ2n) is 0.667. The van der Waals surface area contributed by atoms with Gasteiger partial charge >= 0.3 is 0 Å². The molecular weight excluding hydrogens is 168 g/mol. The van der Waals surface area contributed by atoms with Crippen molar-refractivity contribution in [3.8, 4) is 0 Å². The van der Waals surface area contributed by atoms with Crippen molar-refractivity contribution in [1.29, 1.82) is 0 Å². The Morgan fingerprint density at radius 3 is 0.643 bits per heavy atom. The van der Waals surface area contributed by atoms with E-state index in [-0.39, 0.29) is 14.9 Å². The summed E-state index contributed by atoms with van der Waals surface area (Å²) in [6.07, 6.45) is 4.00. The minimum absolute atomic E-state index is 0. The van der Waals surface area contributed by atoms with Crippen molar-refractivity contribution < 1.29 is 0 Å². The average Bonchev–Trinajstić information content (AvgIpc) is 2.29. The Bertz CT molecular complexity index is 29.3. The second kappa shape index (κ2) is 1030. The van der Waals surface area contributed by atoms with Gasteiger partial charge in [-0.25, -0.2) is 0 Å². The summed E-state index contributed by atoms with van der Waals surface area (Å²) in [7, 11) is 0. The highest BCUT2D eigenvalue weighted by atomic mass is 13.4. The molecule has 0 aliphatic carbocycles. The van der Waals surface area contributed by atoms with Crippen molar-refractivity contribution in [2.75, 3.05) is 0 Å². The fraction of sp³-hybridized carbons (Fsp3) is 0.571. The molecule has 0 bridgehead atoms. The maximum absolute atomic E-state index is 3.00. The molecule has 0 rings (SSSR count). The molecule has 14 heavy (non-hydrogen) atoms. The lowest BCUT2D eigenvalue weighted by molar-refractivity contribution is 1.50. The monoisotopic (exact) mass is 204 g/mol. The molecule has 0 fully saturated rings. The van der Waals surface area contributed by atoms with Gasteiger partial charge in [-0.3, -0.25) is 0 Å². The summed E-state index contributed by atoms with van der Waals surface area (Å²) in [5.74, 6) is 0. The highest BCUT2D eigenvalue weighted by molar-refractivity contribution is 4.68. The van der Waals surface area contributed by atoms with Crippen molar-refractivity contribution >= 4 is 0 Å². The third-order valence-electron chi connectivity index (χ3n) is 0.333. The first-order chi connectivity index (χ1) is 5.91. The molecule has 0 aromatic rings. The van der Waals surface area contributed by atoms with E-state index in [1.165, 1.54) is 0 Å². The van der Waals surface area contributed by atoms with Crippen molar-refractivity contribution in [2.45, 2.75) is 56.4 Å². The molecule has 0 atom stereocenters. The van der Waals surface area contributed by atoms with Gasteiger partial charge in [-0.05, 0) is 13.8 Å². The first-order valence-corrected chi connectivity index (χ1v) is 4.49. The number of allylic oxidation sites excluding steroid dienone is 2. The lowest BCUT2D eigenvalue weighted by Crippen LogP contribution is -1.26. The molecule has 0 heteroatoms. The summed E-state index contributed by atoms with van der Waals surface area (Å²) in [6.45, 7) is 24.0. The number of rotatable bonds is 0. The molecule has 0 nitrogen and oxygen atoms in total. The minimum atomic E-state index is 0. The Morgan fingerprint density at radius 2 is 0.643 bits per heavy atom. The van der Waals surface area contributed by atoms with E-state index in [4.69, 9.17) is 0 Å². The van der Waals surface area contributed by atoms with E-state index in [0.717, 1.165) is 0 Å². The summed E-state index contributed by atoms with van der Waals surface area (Å²) >= 11 is 0. The van der Waals surface area contributed by atoms with E-state index < -0.39 is 0 Å². The SMILES string of the molecule is C.C.C/C=C\C.C=C.C=C.CC.CC. The molecule has 0 saturated carbocycles. The first kappa shape index (κ1) is 51.0. The van der Waals surface area contributed by atoms with Crippen LogP contribution < -0.4 is 0 Å². The normalized spacial score (nSPS) is 4.14. The van der Waals surface area contributed by atoms with Gasteiger partial charge in [0.15, 0.2) is 0 Å². The fourth-order valence-corrected chi connectivity index (χ4v) is 0. The zero-order chi connectivity index (χ0) is 11.4. The van der Waals surface area contributed by atoms with Crippen LogP contribution in [0, 0.1) is 0 Å². The van der Waals surface area contributed by atoms with Crippen molar-refractivity contribution in [3.63, 3.8) is 0 Å². The lowest BCUT2D eigenvalue weighted by Gasteiger charge is -1.49. The maximum Gasteiger partial charge on any atom is -0.0470 e. The molecular formula is C14H36. The molecule has 0 N–H and O–H groups in total. The highest BCUT2D eigenvalue weighted by Gasteiger charge is 1.34. The molecule has 0 amide bonds. The number of hydrogen-bond donors (Lipinski definition) is 0. The van der Waals surface area contributed by atoms with Gasteiger partial charge in [0.05, 0.1) is 0 Å². The molecule has 0 aromatic carbocycles. The number of hydrogen-bond acceptors (Lipinski definition) is 0. The zero-order valence-electron chi connectivity index (χ0n) is 9.98. The Labute approximate surface area is 95.4 Å². The summed E-state index contributed by atoms with van der Waals surface area (Å²) in [6, 6.07) is 0. The van der Waals surface area contributed by atoms with Crippen molar-refractivity contribution in [3.05, 3.63) is 38.5 Å². The van der Waals surface area contributed by atoms with Crippen LogP contribution in [0.4, 0.5) is 0 Å². The van der Waals surface area contributed by atoms with Gasteiger partial charge in [-0.1, -0.05) is 54.7 Å². The Morgan fingerprint density at radius 1 is 0.571 bits per heavy atom. The molecule has 0 aliphatic rings. The van der Waals surface area contributed by atoms with Crippen LogP contribution in [0.25, 0.3) is 0 Å². The molecule has 0 heterocycles. The average molecular weight is 204 g/mol. The molecule has 0 spiro atoms. The third kappa shape index (κ3) is 24200. The van der Waals surface area contributed by atoms with E-state index in [0.29, 0.717) is 0 Å². The van der Waals surface area contributed by atoms with Gasteiger partial charge in [-0.2, -0.15) is 0 Å².